The van der Waals surface area contributed by atoms with E-state index in [4.69, 9.17) is 9.73 Å². The quantitative estimate of drug-likeness (QED) is 0.596. The van der Waals surface area contributed by atoms with Crippen molar-refractivity contribution in [3.05, 3.63) is 54.1 Å². The van der Waals surface area contributed by atoms with Gasteiger partial charge < -0.3 is 24.4 Å². The normalized spacial score (nSPS) is 14.8. The summed E-state index contributed by atoms with van der Waals surface area (Å²) in [6.45, 7) is 9.06. The number of imidazole rings is 1. The summed E-state index contributed by atoms with van der Waals surface area (Å²) in [5, 5.41) is 3.36. The lowest BCUT2D eigenvalue weighted by molar-refractivity contribution is 0.0914. The number of aliphatic imine (C=N–C) groups is 1. The number of hydrogen-bond donors (Lipinski definition) is 1. The third kappa shape index (κ3) is 5.73. The van der Waals surface area contributed by atoms with Gasteiger partial charge in [0.05, 0.1) is 6.61 Å². The molecule has 0 unspecified atom stereocenters. The largest absolute Gasteiger partial charge is 0.450 e. The van der Waals surface area contributed by atoms with Crippen LogP contribution in [-0.2, 0) is 17.8 Å². The molecule has 2 aromatic rings. The third-order valence-electron chi connectivity index (χ3n) is 4.81. The minimum absolute atomic E-state index is 0.239. The molecule has 3 rings (SSSR count). The van der Waals surface area contributed by atoms with Crippen LogP contribution >= 0.6 is 0 Å². The summed E-state index contributed by atoms with van der Waals surface area (Å²) in [5.41, 5.74) is 1.23. The zero-order chi connectivity index (χ0) is 20.5. The molecule has 0 bridgehead atoms. The van der Waals surface area contributed by atoms with E-state index in [0.717, 1.165) is 38.0 Å². The summed E-state index contributed by atoms with van der Waals surface area (Å²) < 4.78 is 7.22. The summed E-state index contributed by atoms with van der Waals surface area (Å²) in [4.78, 5) is 25.1. The van der Waals surface area contributed by atoms with Gasteiger partial charge in [0.1, 0.15) is 12.4 Å². The van der Waals surface area contributed by atoms with Crippen molar-refractivity contribution >= 4 is 12.1 Å². The van der Waals surface area contributed by atoms with E-state index in [1.807, 2.05) is 37.5 Å². The molecule has 8 heteroatoms. The molecule has 0 aliphatic carbocycles. The second kappa shape index (κ2) is 10.5. The van der Waals surface area contributed by atoms with Gasteiger partial charge in [-0.1, -0.05) is 30.3 Å². The molecule has 156 valence electrons. The first kappa shape index (κ1) is 20.7. The molecule has 1 saturated heterocycles. The van der Waals surface area contributed by atoms with Gasteiger partial charge in [0, 0.05) is 51.7 Å². The van der Waals surface area contributed by atoms with Gasteiger partial charge in [-0.25, -0.2) is 14.8 Å². The van der Waals surface area contributed by atoms with Gasteiger partial charge in [0.25, 0.3) is 0 Å². The Morgan fingerprint density at radius 2 is 1.86 bits per heavy atom. The molecule has 0 spiro atoms. The Hall–Kier alpha value is -3.03. The van der Waals surface area contributed by atoms with Crippen LogP contribution in [0.2, 0.25) is 0 Å². The number of aromatic nitrogens is 2. The number of guanidine groups is 1. The number of nitrogens with zero attached hydrogens (tertiary/aromatic N) is 5. The summed E-state index contributed by atoms with van der Waals surface area (Å²) in [6, 6.07) is 10.3. The van der Waals surface area contributed by atoms with Crippen molar-refractivity contribution in [2.24, 2.45) is 4.99 Å². The second-order valence-corrected chi connectivity index (χ2v) is 6.80. The summed E-state index contributed by atoms with van der Waals surface area (Å²) in [7, 11) is 0. The Morgan fingerprint density at radius 3 is 2.55 bits per heavy atom. The molecule has 0 atom stereocenters. The van der Waals surface area contributed by atoms with Crippen LogP contribution < -0.4 is 5.32 Å². The molecular formula is C21H30N6O2. The van der Waals surface area contributed by atoms with Gasteiger partial charge in [-0.05, 0) is 19.4 Å². The number of carbonyl (C=O) groups is 1. The van der Waals surface area contributed by atoms with E-state index >= 15 is 0 Å². The van der Waals surface area contributed by atoms with Gasteiger partial charge in [0.2, 0.25) is 0 Å². The van der Waals surface area contributed by atoms with Crippen molar-refractivity contribution < 1.29 is 9.53 Å². The number of rotatable bonds is 6. The fourth-order valence-electron chi connectivity index (χ4n) is 3.30. The van der Waals surface area contributed by atoms with Gasteiger partial charge in [-0.2, -0.15) is 0 Å². The predicted octanol–water partition coefficient (Wildman–Crippen LogP) is 2.17. The Morgan fingerprint density at radius 1 is 1.14 bits per heavy atom. The summed E-state index contributed by atoms with van der Waals surface area (Å²) in [6.07, 6.45) is 3.57. The van der Waals surface area contributed by atoms with E-state index in [1.54, 1.807) is 4.90 Å². The second-order valence-electron chi connectivity index (χ2n) is 6.80. The van der Waals surface area contributed by atoms with E-state index in [-0.39, 0.29) is 6.09 Å². The van der Waals surface area contributed by atoms with Gasteiger partial charge >= 0.3 is 6.09 Å². The molecule has 1 aromatic carbocycles. The number of benzene rings is 1. The maximum atomic E-state index is 11.9. The van der Waals surface area contributed by atoms with E-state index in [0.29, 0.717) is 26.2 Å². The topological polar surface area (TPSA) is 75.0 Å². The van der Waals surface area contributed by atoms with Crippen LogP contribution in [-0.4, -0.2) is 70.7 Å². The van der Waals surface area contributed by atoms with Crippen molar-refractivity contribution in [2.45, 2.75) is 26.9 Å². The van der Waals surface area contributed by atoms with Crippen LogP contribution in [0.1, 0.15) is 25.2 Å². The molecule has 1 aliphatic heterocycles. The van der Waals surface area contributed by atoms with Crippen LogP contribution in [0.15, 0.2) is 47.7 Å². The standard InChI is InChI=1S/C21H30N6O2/c1-3-22-20(25-12-14-26(15-13-25)21(28)29-4-2)24-16-19-23-10-11-27(19)17-18-8-6-5-7-9-18/h5-11H,3-4,12-17H2,1-2H3,(H,22,24). The van der Waals surface area contributed by atoms with E-state index < -0.39 is 0 Å². The number of nitrogens with one attached hydrogen (secondary N) is 1. The molecule has 8 nitrogen and oxygen atoms in total. The number of piperazine rings is 1. The van der Waals surface area contributed by atoms with Crippen molar-refractivity contribution in [3.63, 3.8) is 0 Å². The monoisotopic (exact) mass is 398 g/mol. The Labute approximate surface area is 172 Å². The smallest absolute Gasteiger partial charge is 0.409 e. The predicted molar refractivity (Wildman–Crippen MR) is 113 cm³/mol. The molecule has 1 N–H and O–H groups in total. The molecule has 2 heterocycles. The van der Waals surface area contributed by atoms with Crippen LogP contribution in [0.5, 0.6) is 0 Å². The van der Waals surface area contributed by atoms with Crippen molar-refractivity contribution in [1.29, 1.82) is 0 Å². The zero-order valence-electron chi connectivity index (χ0n) is 17.3. The van der Waals surface area contributed by atoms with Gasteiger partial charge in [-0.3, -0.25) is 0 Å². The van der Waals surface area contributed by atoms with Gasteiger partial charge in [0.15, 0.2) is 5.96 Å². The molecule has 1 aliphatic rings. The number of amides is 1. The molecule has 0 saturated carbocycles. The van der Waals surface area contributed by atoms with Crippen molar-refractivity contribution in [2.75, 3.05) is 39.3 Å². The number of hydrogen-bond acceptors (Lipinski definition) is 4. The van der Waals surface area contributed by atoms with E-state index in [9.17, 15) is 4.79 Å². The Balaban J connectivity index is 1.62. The van der Waals surface area contributed by atoms with Crippen LogP contribution in [0.25, 0.3) is 0 Å². The van der Waals surface area contributed by atoms with Crippen molar-refractivity contribution in [3.8, 4) is 0 Å². The first-order valence-electron chi connectivity index (χ1n) is 10.2. The Bertz CT molecular complexity index is 797. The first-order valence-corrected chi connectivity index (χ1v) is 10.2. The first-order chi connectivity index (χ1) is 14.2. The van der Waals surface area contributed by atoms with Gasteiger partial charge in [-0.15, -0.1) is 0 Å². The fourth-order valence-corrected chi connectivity index (χ4v) is 3.30. The lowest BCUT2D eigenvalue weighted by atomic mass is 10.2. The Kier molecular flexibility index (Phi) is 7.49. The lowest BCUT2D eigenvalue weighted by Gasteiger charge is -2.35. The molecular weight excluding hydrogens is 368 g/mol. The fraction of sp³-hybridized carbons (Fsp3) is 0.476. The summed E-state index contributed by atoms with van der Waals surface area (Å²) >= 11 is 0. The molecule has 1 fully saturated rings. The molecule has 29 heavy (non-hydrogen) atoms. The highest BCUT2D eigenvalue weighted by Gasteiger charge is 2.23. The molecule has 0 radical (unpaired) electrons. The molecule has 1 amide bonds. The van der Waals surface area contributed by atoms with Crippen LogP contribution in [0.3, 0.4) is 0 Å². The minimum Gasteiger partial charge on any atom is -0.450 e. The maximum Gasteiger partial charge on any atom is 0.409 e. The highest BCUT2D eigenvalue weighted by atomic mass is 16.6. The molecule has 1 aromatic heterocycles. The highest BCUT2D eigenvalue weighted by molar-refractivity contribution is 5.80. The highest BCUT2D eigenvalue weighted by Crippen LogP contribution is 2.08. The number of ether oxygens (including phenoxy) is 1. The summed E-state index contributed by atoms with van der Waals surface area (Å²) in [5.74, 6) is 1.78. The SMILES string of the molecule is CCNC(=NCc1nccn1Cc1ccccc1)N1CCN(C(=O)OCC)CC1. The lowest BCUT2D eigenvalue weighted by Crippen LogP contribution is -2.53. The average Bonchev–Trinajstić information content (AvgIpc) is 3.19. The van der Waals surface area contributed by atoms with Crippen molar-refractivity contribution in [1.82, 2.24) is 24.7 Å². The average molecular weight is 399 g/mol. The van der Waals surface area contributed by atoms with Crippen LogP contribution in [0, 0.1) is 0 Å². The van der Waals surface area contributed by atoms with Crippen LogP contribution in [0.4, 0.5) is 4.79 Å². The zero-order valence-corrected chi connectivity index (χ0v) is 17.3. The van der Waals surface area contributed by atoms with E-state index in [2.05, 4.69) is 38.8 Å². The third-order valence-corrected chi connectivity index (χ3v) is 4.81. The number of carbonyl (C=O) groups excluding carboxylic acids is 1. The maximum absolute atomic E-state index is 11.9. The minimum atomic E-state index is -0.239. The van der Waals surface area contributed by atoms with E-state index in [1.165, 1.54) is 5.56 Å².